The van der Waals surface area contributed by atoms with E-state index in [1.165, 1.54) is 11.4 Å². The van der Waals surface area contributed by atoms with Crippen LogP contribution in [0.2, 0.25) is 0 Å². The summed E-state index contributed by atoms with van der Waals surface area (Å²) in [6, 6.07) is 0. The van der Waals surface area contributed by atoms with Crippen LogP contribution in [-0.2, 0) is 4.57 Å². The largest absolute Gasteiger partial charge is 0.295 e. The molecule has 0 radical (unpaired) electrons. The van der Waals surface area contributed by atoms with Crippen LogP contribution in [0.3, 0.4) is 0 Å². The van der Waals surface area contributed by atoms with Crippen LogP contribution >= 0.6 is 28.3 Å². The summed E-state index contributed by atoms with van der Waals surface area (Å²) in [5.41, 5.74) is -2.37. The molecule has 0 aliphatic rings. The molecular formula is C7H16ClOPS. The van der Waals surface area contributed by atoms with Gasteiger partial charge >= 0.3 is 0 Å². The van der Waals surface area contributed by atoms with Gasteiger partial charge < -0.3 is 0 Å². The SMILES string of the molecule is CCCC(C)SP(=O)(Cl)CC. The highest BCUT2D eigenvalue weighted by Crippen LogP contribution is 2.64. The van der Waals surface area contributed by atoms with Gasteiger partial charge in [0.25, 0.3) is 0 Å². The minimum atomic E-state index is -2.37. The predicted octanol–water partition coefficient (Wildman–Crippen LogP) is 4.36. The van der Waals surface area contributed by atoms with Crippen molar-refractivity contribution < 1.29 is 4.57 Å². The van der Waals surface area contributed by atoms with Crippen LogP contribution in [0.1, 0.15) is 33.6 Å². The van der Waals surface area contributed by atoms with Gasteiger partial charge in [0, 0.05) is 11.4 Å². The Kier molecular flexibility index (Phi) is 5.94. The molecule has 0 N–H and O–H groups in total. The third kappa shape index (κ3) is 6.07. The Hall–Kier alpha value is 0.870. The first-order valence-corrected chi connectivity index (χ1v) is 8.27. The van der Waals surface area contributed by atoms with Crippen LogP contribution in [-0.4, -0.2) is 11.4 Å². The number of hydrogen-bond donors (Lipinski definition) is 0. The Balaban J connectivity index is 3.74. The second-order valence-corrected chi connectivity index (χ2v) is 10.1. The lowest BCUT2D eigenvalue weighted by Gasteiger charge is -2.12. The number of rotatable bonds is 5. The monoisotopic (exact) mass is 214 g/mol. The van der Waals surface area contributed by atoms with Gasteiger partial charge in [-0.2, -0.15) is 0 Å². The van der Waals surface area contributed by atoms with E-state index in [0.717, 1.165) is 12.8 Å². The summed E-state index contributed by atoms with van der Waals surface area (Å²) < 4.78 is 11.4. The fraction of sp³-hybridized carbons (Fsp3) is 1.00. The topological polar surface area (TPSA) is 17.1 Å². The molecule has 0 saturated heterocycles. The van der Waals surface area contributed by atoms with E-state index in [1.807, 2.05) is 6.92 Å². The van der Waals surface area contributed by atoms with Crippen LogP contribution in [0, 0.1) is 0 Å². The zero-order chi connectivity index (χ0) is 8.91. The molecule has 0 heterocycles. The molecule has 2 unspecified atom stereocenters. The normalized spacial score (nSPS) is 19.3. The second-order valence-electron chi connectivity index (χ2n) is 2.61. The van der Waals surface area contributed by atoms with Gasteiger partial charge in [-0.3, -0.25) is 4.57 Å². The summed E-state index contributed by atoms with van der Waals surface area (Å²) in [6.45, 7) is 6.08. The smallest absolute Gasteiger partial charge is 0.221 e. The summed E-state index contributed by atoms with van der Waals surface area (Å²) in [5.74, 6) is 0. The van der Waals surface area contributed by atoms with E-state index in [-0.39, 0.29) is 0 Å². The Labute approximate surface area is 78.2 Å². The highest BCUT2D eigenvalue weighted by atomic mass is 35.7. The van der Waals surface area contributed by atoms with Crippen molar-refractivity contribution in [1.82, 2.24) is 0 Å². The molecule has 0 aromatic heterocycles. The van der Waals surface area contributed by atoms with Crippen molar-refractivity contribution in [2.45, 2.75) is 38.9 Å². The first-order valence-electron chi connectivity index (χ1n) is 3.99. The van der Waals surface area contributed by atoms with Gasteiger partial charge in [0.2, 0.25) is 5.70 Å². The van der Waals surface area contributed by atoms with E-state index in [2.05, 4.69) is 13.8 Å². The van der Waals surface area contributed by atoms with Crippen molar-refractivity contribution in [3.63, 3.8) is 0 Å². The van der Waals surface area contributed by atoms with Gasteiger partial charge in [-0.25, -0.2) is 0 Å². The summed E-state index contributed by atoms with van der Waals surface area (Å²) in [6.07, 6.45) is 2.82. The Morgan fingerprint density at radius 2 is 2.09 bits per heavy atom. The lowest BCUT2D eigenvalue weighted by Crippen LogP contribution is -1.93. The van der Waals surface area contributed by atoms with E-state index < -0.39 is 5.70 Å². The molecule has 0 aliphatic carbocycles. The number of halogens is 1. The van der Waals surface area contributed by atoms with Crippen molar-refractivity contribution in [3.8, 4) is 0 Å². The van der Waals surface area contributed by atoms with Crippen molar-refractivity contribution in [2.75, 3.05) is 6.16 Å². The third-order valence-corrected chi connectivity index (χ3v) is 7.31. The summed E-state index contributed by atoms with van der Waals surface area (Å²) in [7, 11) is 0. The molecular weight excluding hydrogens is 199 g/mol. The van der Waals surface area contributed by atoms with Crippen molar-refractivity contribution in [1.29, 1.82) is 0 Å². The molecule has 0 amide bonds. The fourth-order valence-corrected chi connectivity index (χ4v) is 5.43. The molecule has 4 heteroatoms. The molecule has 11 heavy (non-hydrogen) atoms. The lowest BCUT2D eigenvalue weighted by molar-refractivity contribution is 0.593. The molecule has 0 bridgehead atoms. The van der Waals surface area contributed by atoms with Gasteiger partial charge in [0.1, 0.15) is 0 Å². The first-order chi connectivity index (χ1) is 5.02. The Morgan fingerprint density at radius 3 is 2.45 bits per heavy atom. The molecule has 2 atom stereocenters. The zero-order valence-electron chi connectivity index (χ0n) is 7.34. The van der Waals surface area contributed by atoms with Crippen molar-refractivity contribution in [2.24, 2.45) is 0 Å². The molecule has 0 saturated carbocycles. The maximum Gasteiger partial charge on any atom is 0.221 e. The van der Waals surface area contributed by atoms with Crippen LogP contribution in [0.25, 0.3) is 0 Å². The summed E-state index contributed by atoms with van der Waals surface area (Å²) in [4.78, 5) is 0. The van der Waals surface area contributed by atoms with E-state index in [0.29, 0.717) is 11.4 Å². The Bertz CT molecular complexity index is 151. The van der Waals surface area contributed by atoms with Crippen LogP contribution in [0.5, 0.6) is 0 Å². The molecule has 0 rings (SSSR count). The summed E-state index contributed by atoms with van der Waals surface area (Å²) >= 11 is 7.22. The van der Waals surface area contributed by atoms with Crippen molar-refractivity contribution >= 4 is 28.3 Å². The predicted molar refractivity (Wildman–Crippen MR) is 56.0 cm³/mol. The lowest BCUT2D eigenvalue weighted by atomic mass is 10.3. The molecule has 0 aromatic rings. The quantitative estimate of drug-likeness (QED) is 0.633. The van der Waals surface area contributed by atoms with Gasteiger partial charge in [-0.1, -0.05) is 38.6 Å². The van der Waals surface area contributed by atoms with E-state index in [9.17, 15) is 4.57 Å². The van der Waals surface area contributed by atoms with E-state index in [4.69, 9.17) is 11.2 Å². The molecule has 0 aliphatic heterocycles. The van der Waals surface area contributed by atoms with Gasteiger partial charge in [-0.05, 0) is 17.7 Å². The fourth-order valence-electron chi connectivity index (χ4n) is 0.802. The molecule has 0 aromatic carbocycles. The zero-order valence-corrected chi connectivity index (χ0v) is 9.81. The Morgan fingerprint density at radius 1 is 1.55 bits per heavy atom. The summed E-state index contributed by atoms with van der Waals surface area (Å²) in [5, 5.41) is 0.434. The standard InChI is InChI=1S/C7H16ClOPS/c1-4-6-7(3)11-10(8,9)5-2/h7H,4-6H2,1-3H3. The second kappa shape index (κ2) is 5.50. The van der Waals surface area contributed by atoms with Gasteiger partial charge in [-0.15, -0.1) is 0 Å². The highest BCUT2D eigenvalue weighted by Gasteiger charge is 2.19. The average Bonchev–Trinajstić information content (AvgIpc) is 1.87. The maximum absolute atomic E-state index is 11.4. The van der Waals surface area contributed by atoms with Gasteiger partial charge in [0.15, 0.2) is 0 Å². The van der Waals surface area contributed by atoms with E-state index >= 15 is 0 Å². The minimum absolute atomic E-state index is 0.434. The van der Waals surface area contributed by atoms with Crippen LogP contribution in [0.15, 0.2) is 0 Å². The third-order valence-electron chi connectivity index (χ3n) is 1.41. The number of hydrogen-bond acceptors (Lipinski definition) is 2. The minimum Gasteiger partial charge on any atom is -0.295 e. The molecule has 0 fully saturated rings. The maximum atomic E-state index is 11.4. The van der Waals surface area contributed by atoms with Crippen LogP contribution in [0.4, 0.5) is 0 Å². The van der Waals surface area contributed by atoms with Gasteiger partial charge in [0.05, 0.1) is 0 Å². The molecule has 1 nitrogen and oxygen atoms in total. The van der Waals surface area contributed by atoms with Crippen molar-refractivity contribution in [3.05, 3.63) is 0 Å². The highest BCUT2D eigenvalue weighted by molar-refractivity contribution is 8.65. The molecule has 68 valence electrons. The van der Waals surface area contributed by atoms with E-state index in [1.54, 1.807) is 0 Å². The first kappa shape index (κ1) is 11.9. The average molecular weight is 215 g/mol. The molecule has 0 spiro atoms. The van der Waals surface area contributed by atoms with Crippen LogP contribution < -0.4 is 0 Å².